The van der Waals surface area contributed by atoms with Gasteiger partial charge in [0.2, 0.25) is 5.28 Å². The third-order valence-electron chi connectivity index (χ3n) is 5.13. The summed E-state index contributed by atoms with van der Waals surface area (Å²) in [6, 6.07) is -0.178. The van der Waals surface area contributed by atoms with Crippen LogP contribution in [0.2, 0.25) is 5.28 Å². The molecule has 0 aliphatic rings. The van der Waals surface area contributed by atoms with Gasteiger partial charge in [0.05, 0.1) is 28.6 Å². The molecule has 30 heavy (non-hydrogen) atoms. The summed E-state index contributed by atoms with van der Waals surface area (Å²) in [5, 5.41) is 30.8. The highest BCUT2D eigenvalue weighted by Gasteiger charge is 2.31. The first-order chi connectivity index (χ1) is 14.3. The molecule has 2 atom stereocenters. The molecule has 2 unspecified atom stereocenters. The number of aliphatic hydroxyl groups is 1. The van der Waals surface area contributed by atoms with Crippen LogP contribution in [0.5, 0.6) is 5.88 Å². The molecule has 0 aliphatic heterocycles. The van der Waals surface area contributed by atoms with Crippen molar-refractivity contribution in [2.45, 2.75) is 46.7 Å². The molecule has 0 fully saturated rings. The molecule has 0 aromatic carbocycles. The lowest BCUT2D eigenvalue weighted by Gasteiger charge is -2.22. The molecule has 0 saturated carbocycles. The van der Waals surface area contributed by atoms with Crippen molar-refractivity contribution < 1.29 is 14.8 Å². The summed E-state index contributed by atoms with van der Waals surface area (Å²) < 4.78 is 8.89. The van der Waals surface area contributed by atoms with E-state index in [4.69, 9.17) is 16.3 Å². The van der Waals surface area contributed by atoms with Crippen LogP contribution in [-0.4, -0.2) is 52.8 Å². The van der Waals surface area contributed by atoms with Gasteiger partial charge < -0.3 is 9.84 Å². The lowest BCUT2D eigenvalue weighted by molar-refractivity contribution is -0.386. The lowest BCUT2D eigenvalue weighted by Crippen LogP contribution is -2.21. The van der Waals surface area contributed by atoms with E-state index in [2.05, 4.69) is 20.2 Å². The Morgan fingerprint density at radius 2 is 2.10 bits per heavy atom. The molecule has 0 amide bonds. The van der Waals surface area contributed by atoms with Crippen LogP contribution in [-0.2, 0) is 6.54 Å². The van der Waals surface area contributed by atoms with Gasteiger partial charge in [0.15, 0.2) is 5.65 Å². The number of halogens is 1. The van der Waals surface area contributed by atoms with Gasteiger partial charge in [0.1, 0.15) is 12.3 Å². The van der Waals surface area contributed by atoms with Gasteiger partial charge in [-0.05, 0) is 31.9 Å². The summed E-state index contributed by atoms with van der Waals surface area (Å²) in [6.07, 6.45) is 2.27. The Balaban J connectivity index is 1.84. The fourth-order valence-corrected chi connectivity index (χ4v) is 3.65. The molecule has 3 aromatic heterocycles. The van der Waals surface area contributed by atoms with Crippen LogP contribution >= 0.6 is 11.6 Å². The van der Waals surface area contributed by atoms with Crippen molar-refractivity contribution in [3.05, 3.63) is 33.0 Å². The van der Waals surface area contributed by atoms with Crippen LogP contribution in [0.1, 0.15) is 37.7 Å². The molecule has 0 spiro atoms. The number of rotatable bonds is 9. The zero-order valence-corrected chi connectivity index (χ0v) is 18.0. The first kappa shape index (κ1) is 21.9. The Hall–Kier alpha value is -2.79. The molecule has 162 valence electrons. The molecule has 1 N–H and O–H groups in total. The van der Waals surface area contributed by atoms with E-state index >= 15 is 0 Å². The molecule has 0 saturated heterocycles. The summed E-state index contributed by atoms with van der Waals surface area (Å²) in [6.45, 7) is 7.64. The van der Waals surface area contributed by atoms with Crippen LogP contribution in [0.15, 0.2) is 6.20 Å². The van der Waals surface area contributed by atoms with Crippen LogP contribution in [0.3, 0.4) is 0 Å². The van der Waals surface area contributed by atoms with Gasteiger partial charge in [-0.15, -0.1) is 5.10 Å². The quantitative estimate of drug-likeness (QED) is 0.306. The maximum absolute atomic E-state index is 11.6. The predicted octanol–water partition coefficient (Wildman–Crippen LogP) is 2.86. The third kappa shape index (κ3) is 4.08. The van der Waals surface area contributed by atoms with Crippen LogP contribution < -0.4 is 4.74 Å². The number of ether oxygens (including phenoxy) is 1. The highest BCUT2D eigenvalue weighted by atomic mass is 35.5. The van der Waals surface area contributed by atoms with Crippen molar-refractivity contribution in [3.8, 4) is 5.88 Å². The van der Waals surface area contributed by atoms with E-state index in [0.717, 1.165) is 11.1 Å². The first-order valence-electron chi connectivity index (χ1n) is 9.61. The van der Waals surface area contributed by atoms with Crippen LogP contribution in [0.4, 0.5) is 5.69 Å². The number of fused-ring (bicyclic) bond motifs is 1. The van der Waals surface area contributed by atoms with E-state index in [1.54, 1.807) is 22.5 Å². The SMILES string of the molecule is CCC(C(C)CO)n1nc(OCCn2nc(C)c3cnc(Cl)nc32)c([N+](=O)[O-])c1C. The normalized spacial score (nSPS) is 13.5. The summed E-state index contributed by atoms with van der Waals surface area (Å²) in [5.74, 6) is -0.161. The Labute approximate surface area is 177 Å². The topological polar surface area (TPSA) is 134 Å². The minimum atomic E-state index is -0.495. The smallest absolute Gasteiger partial charge is 0.352 e. The number of nitro groups is 1. The number of hydrogen-bond donors (Lipinski definition) is 1. The standard InChI is InChI=1S/C18H24ClN7O4/c1-5-14(10(2)9-27)25-12(4)15(26(28)29)17(23-25)30-7-6-24-16-13(11(3)22-24)8-20-18(19)21-16/h8,10,14,27H,5-7,9H2,1-4H3. The molecule has 3 aromatic rings. The predicted molar refractivity (Wildman–Crippen MR) is 110 cm³/mol. The first-order valence-corrected chi connectivity index (χ1v) is 9.99. The van der Waals surface area contributed by atoms with Crippen molar-refractivity contribution in [2.24, 2.45) is 5.92 Å². The molecule has 0 bridgehead atoms. The zero-order chi connectivity index (χ0) is 22.0. The molecule has 0 radical (unpaired) electrons. The maximum Gasteiger partial charge on any atom is 0.352 e. The second-order valence-corrected chi connectivity index (χ2v) is 7.45. The minimum absolute atomic E-state index is 0.0437. The Morgan fingerprint density at radius 3 is 2.73 bits per heavy atom. The molecule has 0 aliphatic carbocycles. The molecule has 3 rings (SSSR count). The highest BCUT2D eigenvalue weighted by molar-refractivity contribution is 6.28. The summed E-state index contributed by atoms with van der Waals surface area (Å²) >= 11 is 5.89. The Bertz CT molecular complexity index is 1060. The van der Waals surface area contributed by atoms with Crippen molar-refractivity contribution in [1.29, 1.82) is 0 Å². The minimum Gasteiger partial charge on any atom is -0.470 e. The Morgan fingerprint density at radius 1 is 1.37 bits per heavy atom. The van der Waals surface area contributed by atoms with Gasteiger partial charge in [0, 0.05) is 18.7 Å². The molecular formula is C18H24ClN7O4. The number of nitrogens with zero attached hydrogens (tertiary/aromatic N) is 7. The largest absolute Gasteiger partial charge is 0.470 e. The number of hydrogen-bond acceptors (Lipinski definition) is 8. The average Bonchev–Trinajstić information content (AvgIpc) is 3.19. The lowest BCUT2D eigenvalue weighted by atomic mass is 10.0. The van der Waals surface area contributed by atoms with Gasteiger partial charge in [-0.25, -0.2) is 9.67 Å². The van der Waals surface area contributed by atoms with Crippen molar-refractivity contribution in [3.63, 3.8) is 0 Å². The van der Waals surface area contributed by atoms with E-state index in [-0.39, 0.29) is 42.0 Å². The van der Waals surface area contributed by atoms with Crippen molar-refractivity contribution in [2.75, 3.05) is 13.2 Å². The Kier molecular flexibility index (Phi) is 6.52. The van der Waals surface area contributed by atoms with Crippen molar-refractivity contribution in [1.82, 2.24) is 29.5 Å². The fraction of sp³-hybridized carbons (Fsp3) is 0.556. The van der Waals surface area contributed by atoms with E-state index in [9.17, 15) is 15.2 Å². The molecule has 12 heteroatoms. The molecular weight excluding hydrogens is 414 g/mol. The van der Waals surface area contributed by atoms with Gasteiger partial charge >= 0.3 is 11.6 Å². The number of aryl methyl sites for hydroxylation is 1. The van der Waals surface area contributed by atoms with E-state index in [0.29, 0.717) is 24.3 Å². The van der Waals surface area contributed by atoms with E-state index < -0.39 is 4.92 Å². The van der Waals surface area contributed by atoms with E-state index in [1.165, 1.54) is 0 Å². The van der Waals surface area contributed by atoms with Crippen LogP contribution in [0.25, 0.3) is 11.0 Å². The monoisotopic (exact) mass is 437 g/mol. The summed E-state index contributed by atoms with van der Waals surface area (Å²) in [7, 11) is 0. The maximum atomic E-state index is 11.6. The summed E-state index contributed by atoms with van der Waals surface area (Å²) in [4.78, 5) is 19.3. The van der Waals surface area contributed by atoms with Crippen LogP contribution in [0, 0.1) is 29.9 Å². The third-order valence-corrected chi connectivity index (χ3v) is 5.32. The van der Waals surface area contributed by atoms with Crippen molar-refractivity contribution >= 4 is 28.3 Å². The van der Waals surface area contributed by atoms with Gasteiger partial charge in [-0.2, -0.15) is 10.1 Å². The molecule has 11 nitrogen and oxygen atoms in total. The number of aliphatic hydroxyl groups excluding tert-OH is 1. The van der Waals surface area contributed by atoms with Gasteiger partial charge in [-0.3, -0.25) is 14.8 Å². The molecule has 3 heterocycles. The van der Waals surface area contributed by atoms with Gasteiger partial charge in [-0.1, -0.05) is 13.8 Å². The zero-order valence-electron chi connectivity index (χ0n) is 17.2. The number of aromatic nitrogens is 6. The second kappa shape index (κ2) is 8.92. The second-order valence-electron chi connectivity index (χ2n) is 7.11. The van der Waals surface area contributed by atoms with Gasteiger partial charge in [0.25, 0.3) is 0 Å². The highest BCUT2D eigenvalue weighted by Crippen LogP contribution is 2.34. The average molecular weight is 438 g/mol. The van der Waals surface area contributed by atoms with E-state index in [1.807, 2.05) is 20.8 Å². The fourth-order valence-electron chi connectivity index (χ4n) is 3.52. The summed E-state index contributed by atoms with van der Waals surface area (Å²) in [5.41, 5.74) is 1.53.